The van der Waals surface area contributed by atoms with Crippen LogP contribution in [-0.4, -0.2) is 40.5 Å². The number of fused-ring (bicyclic) bond motifs is 2. The van der Waals surface area contributed by atoms with E-state index in [1.54, 1.807) is 0 Å². The van der Waals surface area contributed by atoms with Crippen molar-refractivity contribution in [2.24, 2.45) is 17.8 Å². The molecule has 4 aromatic rings. The lowest BCUT2D eigenvalue weighted by molar-refractivity contribution is -0.118. The molecule has 6 rings (SSSR count). The number of ether oxygens (including phenoxy) is 2. The predicted molar refractivity (Wildman–Crippen MR) is 179 cm³/mol. The zero-order chi connectivity index (χ0) is 36.2. The summed E-state index contributed by atoms with van der Waals surface area (Å²) in [6.45, 7) is -0.431. The molecule has 2 aliphatic carbocycles. The quantitative estimate of drug-likeness (QED) is 0.0469. The van der Waals surface area contributed by atoms with Crippen LogP contribution in [0.4, 0.5) is 27.6 Å². The second-order valence-electron chi connectivity index (χ2n) is 12.5. The largest absolute Gasteiger partial charge is 0.488 e. The molecule has 0 aliphatic heterocycles. The first-order valence-electron chi connectivity index (χ1n) is 16.2. The highest BCUT2D eigenvalue weighted by Crippen LogP contribution is 2.44. The molecule has 13 heteroatoms. The third kappa shape index (κ3) is 7.89. The molecule has 0 spiro atoms. The van der Waals surface area contributed by atoms with Gasteiger partial charge < -0.3 is 14.4 Å². The number of benzene rings is 4. The molecular weight excluding hydrogens is 691 g/mol. The van der Waals surface area contributed by atoms with Crippen molar-refractivity contribution in [3.63, 3.8) is 0 Å². The number of hydrogen-bond donors (Lipinski definition) is 0. The zero-order valence-corrected chi connectivity index (χ0v) is 28.2. The van der Waals surface area contributed by atoms with Gasteiger partial charge in [0, 0.05) is 25.3 Å². The number of esters is 1. The Bertz CT molecular complexity index is 1950. The van der Waals surface area contributed by atoms with Gasteiger partial charge in [-0.1, -0.05) is 72.8 Å². The number of rotatable bonds is 13. The Labute approximate surface area is 293 Å². The maximum absolute atomic E-state index is 14.5. The maximum atomic E-state index is 14.5. The normalized spacial score (nSPS) is 18.2. The van der Waals surface area contributed by atoms with E-state index in [1.807, 2.05) is 60.7 Å². The molecule has 0 radical (unpaired) electrons. The van der Waals surface area contributed by atoms with Gasteiger partial charge in [-0.15, -0.1) is 0 Å². The van der Waals surface area contributed by atoms with Gasteiger partial charge in [0.25, 0.3) is 0 Å². The Kier molecular flexibility index (Phi) is 11.0. The lowest BCUT2D eigenvalue weighted by Gasteiger charge is -2.30. The van der Waals surface area contributed by atoms with Gasteiger partial charge in [-0.2, -0.15) is 0 Å². The van der Waals surface area contributed by atoms with E-state index in [0.29, 0.717) is 15.9 Å². The molecule has 1 amide bonds. The van der Waals surface area contributed by atoms with Gasteiger partial charge in [0.15, 0.2) is 23.3 Å². The van der Waals surface area contributed by atoms with E-state index in [9.17, 15) is 35.8 Å². The molecule has 4 aromatic carbocycles. The number of hydrogen-bond acceptors (Lipinski definition) is 5. The summed E-state index contributed by atoms with van der Waals surface area (Å²) in [5, 5.41) is 0. The molecule has 0 heterocycles. The zero-order valence-electron chi connectivity index (χ0n) is 27.4. The van der Waals surface area contributed by atoms with Crippen molar-refractivity contribution in [1.82, 2.24) is 4.31 Å². The summed E-state index contributed by atoms with van der Waals surface area (Å²) in [6.07, 6.45) is 5.97. The van der Waals surface area contributed by atoms with Crippen molar-refractivity contribution in [3.8, 4) is 5.75 Å². The van der Waals surface area contributed by atoms with E-state index >= 15 is 0 Å². The molecule has 0 N–H and O–H groups in total. The molecule has 2 aliphatic rings. The van der Waals surface area contributed by atoms with E-state index in [0.717, 1.165) is 31.0 Å². The fraction of sp³-hybridized carbons (Fsp3) is 0.263. The first-order valence-corrected chi connectivity index (χ1v) is 17.3. The van der Waals surface area contributed by atoms with Gasteiger partial charge in [0.05, 0.1) is 6.54 Å². The molecule has 2 bridgehead atoms. The first-order chi connectivity index (χ1) is 24.5. The summed E-state index contributed by atoms with van der Waals surface area (Å²) in [5.74, 6) is -12.0. The summed E-state index contributed by atoms with van der Waals surface area (Å²) < 4.78 is 96.2. The monoisotopic (exact) mass is 724 g/mol. The van der Waals surface area contributed by atoms with Crippen LogP contribution < -0.4 is 9.64 Å². The number of anilines is 1. The average Bonchev–Trinajstić information content (AvgIpc) is 3.78. The minimum absolute atomic E-state index is 0.00836. The molecule has 4 unspecified atom stereocenters. The molecule has 0 saturated heterocycles. The van der Waals surface area contributed by atoms with Crippen molar-refractivity contribution in [2.45, 2.75) is 31.0 Å². The summed E-state index contributed by atoms with van der Waals surface area (Å²) in [4.78, 5) is 27.2. The second kappa shape index (κ2) is 15.6. The van der Waals surface area contributed by atoms with Crippen LogP contribution in [0, 0.1) is 46.8 Å². The smallest absolute Gasteiger partial charge is 0.342 e. The number of carbonyl (C=O) groups excluding carboxylic acids is 2. The minimum Gasteiger partial charge on any atom is -0.488 e. The molecule has 1 fully saturated rings. The summed E-state index contributed by atoms with van der Waals surface area (Å²) in [5.41, 5.74) is 2.00. The Morgan fingerprint density at radius 2 is 1.39 bits per heavy atom. The Balaban J connectivity index is 1.30. The van der Waals surface area contributed by atoms with Crippen molar-refractivity contribution < 1.29 is 45.2 Å². The lowest BCUT2D eigenvalue weighted by atomic mass is 9.93. The number of allylic oxidation sites excluding steroid dienone is 2. The number of nitrogens with zero attached hydrogens (tertiary/aromatic N) is 2. The molecule has 7 nitrogen and oxygen atoms in total. The van der Waals surface area contributed by atoms with E-state index in [2.05, 4.69) is 12.2 Å². The van der Waals surface area contributed by atoms with E-state index < -0.39 is 63.4 Å². The van der Waals surface area contributed by atoms with Crippen molar-refractivity contribution >= 4 is 28.5 Å². The Hall–Kier alpha value is -4.88. The standard InChI is InChI=1S/C38H33F5N2O5S/c1-44(51(48)37-35(42)33(40)32(39)34(41)36(37)43)20-31(46)45(19-27-17-25-12-13-26(27)16-25)28-14-15-29(38(47)50-22-24-10-6-3-7-11-24)30(18-28)49-21-23-8-4-2-5-9-23/h2-15,18,25-27H,16-17,19-22H2,1H3. The molecule has 0 aromatic heterocycles. The van der Waals surface area contributed by atoms with Gasteiger partial charge in [0.2, 0.25) is 11.7 Å². The number of halogens is 5. The second-order valence-corrected chi connectivity index (χ2v) is 14.0. The third-order valence-electron chi connectivity index (χ3n) is 9.07. The van der Waals surface area contributed by atoms with Crippen LogP contribution in [0.5, 0.6) is 5.75 Å². The van der Waals surface area contributed by atoms with E-state index in [4.69, 9.17) is 9.47 Å². The predicted octanol–water partition coefficient (Wildman–Crippen LogP) is 7.52. The summed E-state index contributed by atoms with van der Waals surface area (Å²) in [6, 6.07) is 22.8. The van der Waals surface area contributed by atoms with Gasteiger partial charge in [-0.3, -0.25) is 4.79 Å². The molecule has 1 saturated carbocycles. The van der Waals surface area contributed by atoms with Crippen molar-refractivity contribution in [2.75, 3.05) is 25.0 Å². The molecule has 51 heavy (non-hydrogen) atoms. The lowest BCUT2D eigenvalue weighted by Crippen LogP contribution is -2.43. The van der Waals surface area contributed by atoms with Gasteiger partial charge >= 0.3 is 5.97 Å². The molecule has 4 atom stereocenters. The number of likely N-dealkylation sites (N-methyl/N-ethyl adjacent to an activating group) is 1. The highest BCUT2D eigenvalue weighted by molar-refractivity contribution is 7.82. The topological polar surface area (TPSA) is 76.2 Å². The Morgan fingerprint density at radius 1 is 0.784 bits per heavy atom. The van der Waals surface area contributed by atoms with Crippen LogP contribution in [0.25, 0.3) is 0 Å². The van der Waals surface area contributed by atoms with Gasteiger partial charge in [-0.25, -0.2) is 35.3 Å². The SMILES string of the molecule is CN(CC(=O)N(CC1CC2C=CC1C2)c1ccc(C(=O)OCc2ccccc2)c(OCc2ccccc2)c1)S(=O)c1c(F)c(F)c(F)c(F)c1F. The highest BCUT2D eigenvalue weighted by atomic mass is 32.2. The van der Waals surface area contributed by atoms with Gasteiger partial charge in [-0.05, 0) is 53.9 Å². The summed E-state index contributed by atoms with van der Waals surface area (Å²) >= 11 is 0. The van der Waals surface area contributed by atoms with Crippen molar-refractivity contribution in [3.05, 3.63) is 137 Å². The van der Waals surface area contributed by atoms with E-state index in [1.165, 1.54) is 23.1 Å². The van der Waals surface area contributed by atoms with Crippen LogP contribution in [0.3, 0.4) is 0 Å². The number of amides is 1. The maximum Gasteiger partial charge on any atom is 0.342 e. The van der Waals surface area contributed by atoms with Crippen molar-refractivity contribution in [1.29, 1.82) is 0 Å². The average molecular weight is 725 g/mol. The van der Waals surface area contributed by atoms with Crippen LogP contribution in [0.2, 0.25) is 0 Å². The number of carbonyl (C=O) groups is 2. The van der Waals surface area contributed by atoms with Crippen LogP contribution in [0.15, 0.2) is 95.9 Å². The minimum atomic E-state index is -2.94. The fourth-order valence-corrected chi connectivity index (χ4v) is 7.45. The molecule has 266 valence electrons. The highest BCUT2D eigenvalue weighted by Gasteiger charge is 2.38. The molecular formula is C38H33F5N2O5S. The third-order valence-corrected chi connectivity index (χ3v) is 10.5. The van der Waals surface area contributed by atoms with Crippen LogP contribution >= 0.6 is 0 Å². The van der Waals surface area contributed by atoms with Crippen LogP contribution in [0.1, 0.15) is 34.3 Å². The van der Waals surface area contributed by atoms with Gasteiger partial charge in [0.1, 0.15) is 40.4 Å². The first kappa shape index (κ1) is 35.9. The summed E-state index contributed by atoms with van der Waals surface area (Å²) in [7, 11) is -1.87. The van der Waals surface area contributed by atoms with Crippen LogP contribution in [-0.2, 0) is 33.7 Å². The Morgan fingerprint density at radius 3 is 1.98 bits per heavy atom. The fourth-order valence-electron chi connectivity index (χ4n) is 6.42. The van der Waals surface area contributed by atoms with E-state index in [-0.39, 0.29) is 42.9 Å².